The Morgan fingerprint density at radius 3 is 2.28 bits per heavy atom. The lowest BCUT2D eigenvalue weighted by Crippen LogP contribution is -2.24. The maximum absolute atomic E-state index is 12.4. The van der Waals surface area contributed by atoms with Crippen LogP contribution >= 0.6 is 0 Å². The number of amides is 3. The third-order valence-electron chi connectivity index (χ3n) is 4.13. The molecule has 3 aromatic rings. The van der Waals surface area contributed by atoms with Gasteiger partial charge in [-0.3, -0.25) is 14.4 Å². The molecule has 0 saturated carbocycles. The molecule has 1 heterocycles. The van der Waals surface area contributed by atoms with Gasteiger partial charge in [0, 0.05) is 29.9 Å². The summed E-state index contributed by atoms with van der Waals surface area (Å²) in [5.74, 6) is -0.598. The Morgan fingerprint density at radius 1 is 0.828 bits per heavy atom. The average molecular weight is 391 g/mol. The fourth-order valence-corrected chi connectivity index (χ4v) is 2.66. The topological polar surface area (TPSA) is 100 Å². The largest absolute Gasteiger partial charge is 0.459 e. The zero-order chi connectivity index (χ0) is 20.6. The van der Waals surface area contributed by atoms with Gasteiger partial charge in [-0.15, -0.1) is 0 Å². The van der Waals surface area contributed by atoms with Crippen molar-refractivity contribution in [1.29, 1.82) is 0 Å². The van der Waals surface area contributed by atoms with Crippen molar-refractivity contribution in [1.82, 2.24) is 10.6 Å². The molecule has 7 heteroatoms. The van der Waals surface area contributed by atoms with Crippen molar-refractivity contribution in [3.8, 4) is 0 Å². The summed E-state index contributed by atoms with van der Waals surface area (Å²) in [7, 11) is 0. The second-order valence-electron chi connectivity index (χ2n) is 6.25. The summed E-state index contributed by atoms with van der Waals surface area (Å²) < 4.78 is 5.05. The lowest BCUT2D eigenvalue weighted by atomic mass is 10.1. The number of hydrogen-bond donors (Lipinski definition) is 3. The highest BCUT2D eigenvalue weighted by molar-refractivity contribution is 6.03. The van der Waals surface area contributed by atoms with Crippen LogP contribution in [0.2, 0.25) is 0 Å². The Morgan fingerprint density at radius 2 is 1.59 bits per heavy atom. The summed E-state index contributed by atoms with van der Waals surface area (Å²) in [5, 5.41) is 8.25. The number of furan rings is 1. The van der Waals surface area contributed by atoms with Gasteiger partial charge in [-0.25, -0.2) is 0 Å². The average Bonchev–Trinajstić information content (AvgIpc) is 3.28. The smallest absolute Gasteiger partial charge is 0.291 e. The van der Waals surface area contributed by atoms with Gasteiger partial charge in [0.1, 0.15) is 0 Å². The van der Waals surface area contributed by atoms with Crippen molar-refractivity contribution in [3.05, 3.63) is 89.4 Å². The monoisotopic (exact) mass is 391 g/mol. The molecular formula is C22H21N3O4. The fraction of sp³-hybridized carbons (Fsp3) is 0.136. The molecule has 0 bridgehead atoms. The molecule has 0 spiro atoms. The summed E-state index contributed by atoms with van der Waals surface area (Å²) in [4.78, 5) is 36.3. The van der Waals surface area contributed by atoms with Crippen molar-refractivity contribution in [3.63, 3.8) is 0 Å². The van der Waals surface area contributed by atoms with Gasteiger partial charge in [-0.1, -0.05) is 18.2 Å². The summed E-state index contributed by atoms with van der Waals surface area (Å²) in [6.07, 6.45) is 1.42. The molecule has 29 heavy (non-hydrogen) atoms. The molecule has 0 aliphatic rings. The first-order valence-corrected chi connectivity index (χ1v) is 9.17. The van der Waals surface area contributed by atoms with Gasteiger partial charge < -0.3 is 20.4 Å². The number of carbonyl (C=O) groups excluding carboxylic acids is 3. The maximum atomic E-state index is 12.4. The van der Waals surface area contributed by atoms with E-state index in [1.54, 1.807) is 60.7 Å². The SMILES string of the molecule is CCNC(=O)c1ccc(CNC(=O)c2cccc(NC(=O)c3ccco3)c2)cc1. The number of nitrogens with one attached hydrogen (secondary N) is 3. The number of rotatable bonds is 7. The van der Waals surface area contributed by atoms with E-state index in [1.165, 1.54) is 6.26 Å². The molecule has 3 N–H and O–H groups in total. The quantitative estimate of drug-likeness (QED) is 0.576. The van der Waals surface area contributed by atoms with Gasteiger partial charge in [0.25, 0.3) is 17.7 Å². The van der Waals surface area contributed by atoms with Crippen molar-refractivity contribution < 1.29 is 18.8 Å². The zero-order valence-electron chi connectivity index (χ0n) is 15.9. The van der Waals surface area contributed by atoms with Gasteiger partial charge in [-0.05, 0) is 55.0 Å². The first kappa shape index (κ1) is 19.9. The number of hydrogen-bond acceptors (Lipinski definition) is 4. The molecule has 1 aromatic heterocycles. The van der Waals surface area contributed by atoms with Gasteiger partial charge in [-0.2, -0.15) is 0 Å². The second-order valence-corrected chi connectivity index (χ2v) is 6.25. The lowest BCUT2D eigenvalue weighted by Gasteiger charge is -2.09. The molecule has 2 aromatic carbocycles. The van der Waals surface area contributed by atoms with Gasteiger partial charge in [0.05, 0.1) is 6.26 Å². The standard InChI is InChI=1S/C22H21N3O4/c1-2-23-20(26)16-10-8-15(9-11-16)14-24-21(27)17-5-3-6-18(13-17)25-22(28)19-7-4-12-29-19/h3-13H,2,14H2,1H3,(H,23,26)(H,24,27)(H,25,28). The zero-order valence-corrected chi connectivity index (χ0v) is 15.9. The molecule has 0 radical (unpaired) electrons. The highest BCUT2D eigenvalue weighted by Crippen LogP contribution is 2.13. The van der Waals surface area contributed by atoms with E-state index in [0.717, 1.165) is 5.56 Å². The molecule has 0 fully saturated rings. The molecule has 3 rings (SSSR count). The molecule has 3 amide bonds. The summed E-state index contributed by atoms with van der Waals surface area (Å²) in [6.45, 7) is 2.74. The Hall–Kier alpha value is -3.87. The Bertz CT molecular complexity index is 995. The Balaban J connectivity index is 1.58. The van der Waals surface area contributed by atoms with Crippen LogP contribution in [0, 0.1) is 0 Å². The molecule has 0 unspecified atom stereocenters. The number of benzene rings is 2. The summed E-state index contributed by atoms with van der Waals surface area (Å²) in [5.41, 5.74) is 2.35. The molecule has 148 valence electrons. The van der Waals surface area contributed by atoms with Crippen molar-refractivity contribution in [2.75, 3.05) is 11.9 Å². The van der Waals surface area contributed by atoms with Crippen LogP contribution in [-0.4, -0.2) is 24.3 Å². The fourth-order valence-electron chi connectivity index (χ4n) is 2.66. The van der Waals surface area contributed by atoms with Gasteiger partial charge >= 0.3 is 0 Å². The van der Waals surface area contributed by atoms with Crippen LogP contribution in [0.25, 0.3) is 0 Å². The van der Waals surface area contributed by atoms with Crippen LogP contribution < -0.4 is 16.0 Å². The van der Waals surface area contributed by atoms with Crippen LogP contribution in [0.15, 0.2) is 71.3 Å². The van der Waals surface area contributed by atoms with Crippen LogP contribution in [0.3, 0.4) is 0 Å². The highest BCUT2D eigenvalue weighted by Gasteiger charge is 2.11. The van der Waals surface area contributed by atoms with Gasteiger partial charge in [0.15, 0.2) is 5.76 Å². The predicted octanol–water partition coefficient (Wildman–Crippen LogP) is 3.21. The van der Waals surface area contributed by atoms with Crippen LogP contribution in [0.4, 0.5) is 5.69 Å². The predicted molar refractivity (Wildman–Crippen MR) is 109 cm³/mol. The van der Waals surface area contributed by atoms with E-state index in [9.17, 15) is 14.4 Å². The maximum Gasteiger partial charge on any atom is 0.291 e. The van der Waals surface area contributed by atoms with E-state index < -0.39 is 0 Å². The van der Waals surface area contributed by atoms with E-state index in [-0.39, 0.29) is 23.5 Å². The van der Waals surface area contributed by atoms with E-state index in [0.29, 0.717) is 29.9 Å². The lowest BCUT2D eigenvalue weighted by molar-refractivity contribution is 0.0943. The molecule has 0 saturated heterocycles. The first-order chi connectivity index (χ1) is 14.1. The van der Waals surface area contributed by atoms with E-state index in [1.807, 2.05) is 6.92 Å². The van der Waals surface area contributed by atoms with E-state index >= 15 is 0 Å². The molecule has 0 atom stereocenters. The van der Waals surface area contributed by atoms with Crippen molar-refractivity contribution >= 4 is 23.4 Å². The van der Waals surface area contributed by atoms with Crippen LogP contribution in [0.5, 0.6) is 0 Å². The van der Waals surface area contributed by atoms with Crippen molar-refractivity contribution in [2.45, 2.75) is 13.5 Å². The Labute approximate surface area is 168 Å². The second kappa shape index (κ2) is 9.36. The minimum Gasteiger partial charge on any atom is -0.459 e. The number of carbonyl (C=O) groups is 3. The summed E-state index contributed by atoms with van der Waals surface area (Å²) in [6, 6.07) is 16.9. The normalized spacial score (nSPS) is 10.2. The first-order valence-electron chi connectivity index (χ1n) is 9.17. The highest BCUT2D eigenvalue weighted by atomic mass is 16.3. The molecular weight excluding hydrogens is 370 g/mol. The van der Waals surface area contributed by atoms with Gasteiger partial charge in [0.2, 0.25) is 0 Å². The minimum absolute atomic E-state index is 0.128. The third-order valence-corrected chi connectivity index (χ3v) is 4.13. The summed E-state index contributed by atoms with van der Waals surface area (Å²) >= 11 is 0. The van der Waals surface area contributed by atoms with E-state index in [4.69, 9.17) is 4.42 Å². The van der Waals surface area contributed by atoms with Crippen LogP contribution in [-0.2, 0) is 6.54 Å². The van der Waals surface area contributed by atoms with Crippen molar-refractivity contribution in [2.24, 2.45) is 0 Å². The van der Waals surface area contributed by atoms with E-state index in [2.05, 4.69) is 16.0 Å². The number of anilines is 1. The third kappa shape index (κ3) is 5.32. The molecule has 7 nitrogen and oxygen atoms in total. The Kier molecular flexibility index (Phi) is 6.42. The minimum atomic E-state index is -0.389. The molecule has 0 aliphatic carbocycles. The molecule has 0 aliphatic heterocycles. The van der Waals surface area contributed by atoms with Crippen LogP contribution in [0.1, 0.15) is 43.8 Å².